The van der Waals surface area contributed by atoms with Crippen LogP contribution in [0, 0.1) is 11.8 Å². The maximum Gasteiger partial charge on any atom is 0.312 e. The fraction of sp³-hybridized carbons (Fsp3) is 0.500. The van der Waals surface area contributed by atoms with Crippen LogP contribution < -0.4 is 0 Å². The molecule has 4 atom stereocenters. The smallest absolute Gasteiger partial charge is 0.312 e. The van der Waals surface area contributed by atoms with Crippen LogP contribution >= 0.6 is 0 Å². The van der Waals surface area contributed by atoms with Gasteiger partial charge in [-0.2, -0.15) is 0 Å². The maximum absolute atomic E-state index is 13.0. The second-order valence-corrected chi connectivity index (χ2v) is 7.10. The van der Waals surface area contributed by atoms with E-state index in [-0.39, 0.29) is 18.0 Å². The number of benzene rings is 1. The predicted octanol–water partition coefficient (Wildman–Crippen LogP) is 2.31. The molecule has 1 aromatic rings. The van der Waals surface area contributed by atoms with Gasteiger partial charge in [-0.25, -0.2) is 0 Å². The lowest BCUT2D eigenvalue weighted by Crippen LogP contribution is -2.40. The highest BCUT2D eigenvalue weighted by Gasteiger charge is 2.67. The topological polar surface area (TPSA) is 55.8 Å². The normalized spacial score (nSPS) is 32.3. The first-order valence-corrected chi connectivity index (χ1v) is 9.01. The third-order valence-corrected chi connectivity index (χ3v) is 5.41. The van der Waals surface area contributed by atoms with Crippen LogP contribution in [-0.4, -0.2) is 41.6 Å². The first kappa shape index (κ1) is 16.3. The fourth-order valence-corrected chi connectivity index (χ4v) is 4.20. The minimum Gasteiger partial charge on any atom is -0.465 e. The number of likely N-dealkylation sites (tertiary alicyclic amines) is 1. The number of unbranched alkanes of at least 4 members (excludes halogenated alkanes) is 1. The molecule has 25 heavy (non-hydrogen) atoms. The van der Waals surface area contributed by atoms with Crippen molar-refractivity contribution >= 4 is 11.9 Å². The Morgan fingerprint density at radius 2 is 2.16 bits per heavy atom. The number of esters is 1. The molecular weight excluding hydrogens is 318 g/mol. The molecular formula is C20H23NO4. The minimum absolute atomic E-state index is 0.00635. The average Bonchev–Trinajstić information content (AvgIpc) is 3.25. The van der Waals surface area contributed by atoms with Crippen LogP contribution in [0.15, 0.2) is 42.5 Å². The predicted molar refractivity (Wildman–Crippen MR) is 91.5 cm³/mol. The molecule has 3 heterocycles. The molecule has 2 bridgehead atoms. The molecule has 0 radical (unpaired) electrons. The summed E-state index contributed by atoms with van der Waals surface area (Å²) >= 11 is 0. The highest BCUT2D eigenvalue weighted by Crippen LogP contribution is 2.52. The average molecular weight is 341 g/mol. The summed E-state index contributed by atoms with van der Waals surface area (Å²) in [5.74, 6) is -1.28. The Bertz CT molecular complexity index is 701. The summed E-state index contributed by atoms with van der Waals surface area (Å²) in [6, 6.07) is 9.89. The molecule has 1 amide bonds. The van der Waals surface area contributed by atoms with Crippen molar-refractivity contribution in [2.45, 2.75) is 38.0 Å². The molecule has 0 saturated carbocycles. The van der Waals surface area contributed by atoms with Crippen molar-refractivity contribution in [3.63, 3.8) is 0 Å². The van der Waals surface area contributed by atoms with Crippen LogP contribution in [0.5, 0.6) is 0 Å². The summed E-state index contributed by atoms with van der Waals surface area (Å²) < 4.78 is 11.5. The Morgan fingerprint density at radius 1 is 1.36 bits per heavy atom. The number of rotatable bonds is 6. The molecule has 0 unspecified atom stereocenters. The largest absolute Gasteiger partial charge is 0.465 e. The zero-order chi connectivity index (χ0) is 17.4. The molecule has 2 saturated heterocycles. The van der Waals surface area contributed by atoms with Crippen molar-refractivity contribution in [1.29, 1.82) is 0 Å². The van der Waals surface area contributed by atoms with E-state index in [0.717, 1.165) is 18.4 Å². The monoisotopic (exact) mass is 341 g/mol. The highest BCUT2D eigenvalue weighted by atomic mass is 16.6. The van der Waals surface area contributed by atoms with E-state index >= 15 is 0 Å². The van der Waals surface area contributed by atoms with Crippen LogP contribution in [0.1, 0.15) is 25.3 Å². The van der Waals surface area contributed by atoms with E-state index in [1.807, 2.05) is 49.4 Å². The van der Waals surface area contributed by atoms with Gasteiger partial charge in [-0.3, -0.25) is 9.59 Å². The van der Waals surface area contributed by atoms with Crippen LogP contribution in [0.25, 0.3) is 0 Å². The molecule has 5 heteroatoms. The zero-order valence-electron chi connectivity index (χ0n) is 14.4. The summed E-state index contributed by atoms with van der Waals surface area (Å²) in [4.78, 5) is 27.4. The Balaban J connectivity index is 1.52. The Hall–Kier alpha value is -2.14. The number of hydrogen-bond donors (Lipinski definition) is 0. The van der Waals surface area contributed by atoms with Gasteiger partial charge in [-0.1, -0.05) is 55.8 Å². The minimum atomic E-state index is -0.662. The molecule has 0 aliphatic carbocycles. The van der Waals surface area contributed by atoms with E-state index in [1.165, 1.54) is 0 Å². The summed E-state index contributed by atoms with van der Waals surface area (Å²) in [5, 5.41) is 0. The molecule has 1 spiro atoms. The maximum atomic E-state index is 13.0. The third kappa shape index (κ3) is 2.67. The molecule has 3 aliphatic heterocycles. The van der Waals surface area contributed by atoms with Crippen LogP contribution in [0.3, 0.4) is 0 Å². The molecule has 2 fully saturated rings. The van der Waals surface area contributed by atoms with Crippen molar-refractivity contribution in [3.05, 3.63) is 48.0 Å². The molecule has 3 aliphatic rings. The van der Waals surface area contributed by atoms with Gasteiger partial charge in [0.15, 0.2) is 0 Å². The van der Waals surface area contributed by atoms with Gasteiger partial charge in [0.05, 0.1) is 25.2 Å². The Morgan fingerprint density at radius 3 is 2.92 bits per heavy atom. The third-order valence-electron chi connectivity index (χ3n) is 5.41. The molecule has 0 N–H and O–H groups in total. The first-order chi connectivity index (χ1) is 12.1. The summed E-state index contributed by atoms with van der Waals surface area (Å²) in [6.45, 7) is 3.49. The van der Waals surface area contributed by atoms with Crippen molar-refractivity contribution in [2.24, 2.45) is 11.8 Å². The van der Waals surface area contributed by atoms with E-state index in [9.17, 15) is 9.59 Å². The second-order valence-electron chi connectivity index (χ2n) is 7.10. The van der Waals surface area contributed by atoms with E-state index in [2.05, 4.69) is 0 Å². The van der Waals surface area contributed by atoms with Gasteiger partial charge in [-0.15, -0.1) is 0 Å². The lowest BCUT2D eigenvalue weighted by Gasteiger charge is -2.22. The number of hydrogen-bond acceptors (Lipinski definition) is 4. The van der Waals surface area contributed by atoms with E-state index in [1.54, 1.807) is 4.90 Å². The quantitative estimate of drug-likeness (QED) is 0.453. The first-order valence-electron chi connectivity index (χ1n) is 9.01. The van der Waals surface area contributed by atoms with E-state index in [4.69, 9.17) is 9.47 Å². The van der Waals surface area contributed by atoms with Crippen molar-refractivity contribution in [1.82, 2.24) is 4.90 Å². The lowest BCUT2D eigenvalue weighted by atomic mass is 9.77. The van der Waals surface area contributed by atoms with Crippen molar-refractivity contribution in [2.75, 3.05) is 13.2 Å². The number of fused-ring (bicyclic) bond motifs is 1. The van der Waals surface area contributed by atoms with Crippen LogP contribution in [0.2, 0.25) is 0 Å². The fourth-order valence-electron chi connectivity index (χ4n) is 4.20. The lowest BCUT2D eigenvalue weighted by molar-refractivity contribution is -0.154. The number of carbonyl (C=O) groups is 2. The molecule has 132 valence electrons. The van der Waals surface area contributed by atoms with Crippen molar-refractivity contribution in [3.8, 4) is 0 Å². The molecule has 1 aromatic carbocycles. The molecule has 0 aromatic heterocycles. The molecule has 4 rings (SSSR count). The van der Waals surface area contributed by atoms with E-state index in [0.29, 0.717) is 19.7 Å². The van der Waals surface area contributed by atoms with Crippen LogP contribution in [0.4, 0.5) is 0 Å². The zero-order valence-corrected chi connectivity index (χ0v) is 14.4. The van der Waals surface area contributed by atoms with Gasteiger partial charge in [0.1, 0.15) is 11.5 Å². The van der Waals surface area contributed by atoms with Gasteiger partial charge in [0, 0.05) is 6.54 Å². The summed E-state index contributed by atoms with van der Waals surface area (Å²) in [5.41, 5.74) is 0.415. The molecule has 5 nitrogen and oxygen atoms in total. The summed E-state index contributed by atoms with van der Waals surface area (Å²) in [7, 11) is 0. The van der Waals surface area contributed by atoms with Crippen molar-refractivity contribution < 1.29 is 19.1 Å². The Labute approximate surface area is 147 Å². The van der Waals surface area contributed by atoms with Gasteiger partial charge < -0.3 is 14.4 Å². The number of nitrogens with zero attached hydrogens (tertiary/aromatic N) is 1. The number of amides is 1. The van der Waals surface area contributed by atoms with Crippen LogP contribution in [-0.2, 0) is 25.6 Å². The van der Waals surface area contributed by atoms with Gasteiger partial charge >= 0.3 is 5.97 Å². The van der Waals surface area contributed by atoms with E-state index < -0.39 is 17.4 Å². The number of carbonyl (C=O) groups excluding carboxylic acids is 2. The van der Waals surface area contributed by atoms with Gasteiger partial charge in [0.2, 0.25) is 5.91 Å². The van der Waals surface area contributed by atoms with Gasteiger partial charge in [0.25, 0.3) is 0 Å². The number of ether oxygens (including phenoxy) is 2. The highest BCUT2D eigenvalue weighted by molar-refractivity contribution is 5.91. The standard InChI is InChI=1S/C20H23NO4/c1-2-3-11-24-19(23)16-15-9-10-20(25-15)13-21(18(22)17(16)20)12-14-7-5-4-6-8-14/h4-10,15-17H,2-3,11-13H2,1H3/t15-,16+,17-,20-/m0/s1. The second kappa shape index (κ2) is 6.30. The Kier molecular flexibility index (Phi) is 4.12. The summed E-state index contributed by atoms with van der Waals surface area (Å²) in [6.07, 6.45) is 5.36. The SMILES string of the molecule is CCCCOC(=O)[C@@H]1[C@@H]2C=C[C@@]3(CN(Cc4ccccc4)C(=O)[C@H]13)O2. The van der Waals surface area contributed by atoms with Gasteiger partial charge in [-0.05, 0) is 12.0 Å².